The molecule has 0 saturated carbocycles. The molecule has 1 aliphatic rings. The molecule has 1 saturated heterocycles. The van der Waals surface area contributed by atoms with Crippen LogP contribution in [0.3, 0.4) is 0 Å². The standard InChI is InChI=1S/C9H13ClN4OS/c1-9(2)7(15)11-3-4-14(9)5-6-12-13-8(10)16-6/h3-5H2,1-2H3,(H,11,15). The highest BCUT2D eigenvalue weighted by molar-refractivity contribution is 7.15. The minimum atomic E-state index is -0.504. The van der Waals surface area contributed by atoms with Crippen LogP contribution in [-0.4, -0.2) is 39.6 Å². The summed E-state index contributed by atoms with van der Waals surface area (Å²) in [5.41, 5.74) is -0.504. The predicted molar refractivity (Wildman–Crippen MR) is 62.4 cm³/mol. The minimum absolute atomic E-state index is 0.0503. The number of nitrogens with one attached hydrogen (secondary N) is 1. The maximum Gasteiger partial charge on any atom is 0.240 e. The van der Waals surface area contributed by atoms with Gasteiger partial charge >= 0.3 is 0 Å². The smallest absolute Gasteiger partial charge is 0.240 e. The van der Waals surface area contributed by atoms with Crippen LogP contribution in [-0.2, 0) is 11.3 Å². The van der Waals surface area contributed by atoms with Gasteiger partial charge < -0.3 is 5.32 Å². The summed E-state index contributed by atoms with van der Waals surface area (Å²) >= 11 is 7.08. The number of halogens is 1. The SMILES string of the molecule is CC1(C)C(=O)NCCN1Cc1nnc(Cl)s1. The van der Waals surface area contributed by atoms with E-state index in [4.69, 9.17) is 11.6 Å². The zero-order chi connectivity index (χ0) is 11.8. The van der Waals surface area contributed by atoms with Gasteiger partial charge in [0.2, 0.25) is 10.4 Å². The largest absolute Gasteiger partial charge is 0.353 e. The van der Waals surface area contributed by atoms with E-state index in [1.165, 1.54) is 11.3 Å². The van der Waals surface area contributed by atoms with Crippen LogP contribution in [0, 0.1) is 0 Å². The molecule has 2 heterocycles. The van der Waals surface area contributed by atoms with Crippen molar-refractivity contribution in [2.75, 3.05) is 13.1 Å². The van der Waals surface area contributed by atoms with Gasteiger partial charge in [-0.15, -0.1) is 10.2 Å². The van der Waals surface area contributed by atoms with Crippen LogP contribution in [0.5, 0.6) is 0 Å². The summed E-state index contributed by atoms with van der Waals surface area (Å²) in [6, 6.07) is 0. The maximum absolute atomic E-state index is 11.7. The Hall–Kier alpha value is -0.720. The van der Waals surface area contributed by atoms with Crippen molar-refractivity contribution in [3.63, 3.8) is 0 Å². The van der Waals surface area contributed by atoms with E-state index in [2.05, 4.69) is 20.4 Å². The molecular weight excluding hydrogens is 248 g/mol. The molecule has 0 aromatic carbocycles. The molecule has 1 fully saturated rings. The van der Waals surface area contributed by atoms with Crippen LogP contribution in [0.1, 0.15) is 18.9 Å². The monoisotopic (exact) mass is 260 g/mol. The number of aromatic nitrogens is 2. The zero-order valence-electron chi connectivity index (χ0n) is 9.16. The Kier molecular flexibility index (Phi) is 3.14. The van der Waals surface area contributed by atoms with Crippen LogP contribution < -0.4 is 5.32 Å². The van der Waals surface area contributed by atoms with E-state index in [1.54, 1.807) is 0 Å². The first kappa shape index (κ1) is 11.8. The van der Waals surface area contributed by atoms with Gasteiger partial charge in [0.1, 0.15) is 5.01 Å². The van der Waals surface area contributed by atoms with Crippen molar-refractivity contribution in [1.29, 1.82) is 0 Å². The highest BCUT2D eigenvalue weighted by atomic mass is 35.5. The van der Waals surface area contributed by atoms with Crippen molar-refractivity contribution in [3.8, 4) is 0 Å². The van der Waals surface area contributed by atoms with Gasteiger partial charge in [0, 0.05) is 13.1 Å². The molecule has 16 heavy (non-hydrogen) atoms. The average molecular weight is 261 g/mol. The quantitative estimate of drug-likeness (QED) is 0.859. The van der Waals surface area contributed by atoms with Crippen molar-refractivity contribution >= 4 is 28.8 Å². The molecule has 0 bridgehead atoms. The number of hydrogen-bond donors (Lipinski definition) is 1. The molecule has 1 aliphatic heterocycles. The van der Waals surface area contributed by atoms with E-state index < -0.39 is 5.54 Å². The molecular formula is C9H13ClN4OS. The number of piperazine rings is 1. The highest BCUT2D eigenvalue weighted by Crippen LogP contribution is 2.23. The number of carbonyl (C=O) groups excluding carboxylic acids is 1. The van der Waals surface area contributed by atoms with Gasteiger partial charge in [0.05, 0.1) is 12.1 Å². The fourth-order valence-corrected chi connectivity index (χ4v) is 2.56. The Balaban J connectivity index is 2.11. The van der Waals surface area contributed by atoms with Gasteiger partial charge in [-0.05, 0) is 25.4 Å². The van der Waals surface area contributed by atoms with Gasteiger partial charge in [-0.3, -0.25) is 9.69 Å². The Morgan fingerprint density at radius 2 is 2.31 bits per heavy atom. The van der Waals surface area contributed by atoms with Gasteiger partial charge in [-0.25, -0.2) is 0 Å². The molecule has 1 aromatic heterocycles. The molecule has 0 radical (unpaired) electrons. The maximum atomic E-state index is 11.7. The third-order valence-corrected chi connectivity index (χ3v) is 3.79. The topological polar surface area (TPSA) is 58.1 Å². The lowest BCUT2D eigenvalue weighted by Crippen LogP contribution is -2.61. The minimum Gasteiger partial charge on any atom is -0.353 e. The van der Waals surface area contributed by atoms with Gasteiger partial charge in [-0.2, -0.15) is 0 Å². The van der Waals surface area contributed by atoms with Crippen LogP contribution in [0.15, 0.2) is 0 Å². The Morgan fingerprint density at radius 3 is 2.94 bits per heavy atom. The third kappa shape index (κ3) is 2.18. The third-order valence-electron chi connectivity index (χ3n) is 2.78. The second-order valence-corrected chi connectivity index (χ2v) is 5.83. The Bertz CT molecular complexity index is 406. The molecule has 1 amide bonds. The summed E-state index contributed by atoms with van der Waals surface area (Å²) in [5.74, 6) is 0.0503. The second kappa shape index (κ2) is 4.27. The van der Waals surface area contributed by atoms with E-state index in [0.717, 1.165) is 11.6 Å². The number of rotatable bonds is 2. The van der Waals surface area contributed by atoms with E-state index in [0.29, 0.717) is 17.6 Å². The highest BCUT2D eigenvalue weighted by Gasteiger charge is 2.37. The molecule has 0 aliphatic carbocycles. The van der Waals surface area contributed by atoms with E-state index in [1.807, 2.05) is 13.8 Å². The molecule has 0 atom stereocenters. The summed E-state index contributed by atoms with van der Waals surface area (Å²) in [6.07, 6.45) is 0. The summed E-state index contributed by atoms with van der Waals surface area (Å²) < 4.78 is 0.439. The first-order chi connectivity index (χ1) is 7.50. The number of amides is 1. The van der Waals surface area contributed by atoms with Gasteiger partial charge in [0.15, 0.2) is 0 Å². The number of carbonyl (C=O) groups is 1. The van der Waals surface area contributed by atoms with Gasteiger partial charge in [-0.1, -0.05) is 11.3 Å². The van der Waals surface area contributed by atoms with Crippen molar-refractivity contribution in [3.05, 3.63) is 9.47 Å². The van der Waals surface area contributed by atoms with Crippen molar-refractivity contribution < 1.29 is 4.79 Å². The molecule has 7 heteroatoms. The van der Waals surface area contributed by atoms with Crippen molar-refractivity contribution in [2.45, 2.75) is 25.9 Å². The van der Waals surface area contributed by atoms with Crippen LogP contribution >= 0.6 is 22.9 Å². The zero-order valence-corrected chi connectivity index (χ0v) is 10.7. The number of nitrogens with zero attached hydrogens (tertiary/aromatic N) is 3. The molecule has 1 aromatic rings. The fraction of sp³-hybridized carbons (Fsp3) is 0.667. The second-order valence-electron chi connectivity index (χ2n) is 4.19. The molecule has 0 unspecified atom stereocenters. The molecule has 2 rings (SSSR count). The fourth-order valence-electron chi connectivity index (χ4n) is 1.68. The van der Waals surface area contributed by atoms with Crippen molar-refractivity contribution in [1.82, 2.24) is 20.4 Å². The van der Waals surface area contributed by atoms with Crippen LogP contribution in [0.2, 0.25) is 4.47 Å². The summed E-state index contributed by atoms with van der Waals surface area (Å²) in [7, 11) is 0. The van der Waals surface area contributed by atoms with Crippen LogP contribution in [0.4, 0.5) is 0 Å². The molecule has 5 nitrogen and oxygen atoms in total. The molecule has 1 N–H and O–H groups in total. The normalized spacial score (nSPS) is 20.8. The first-order valence-corrected chi connectivity index (χ1v) is 6.21. The summed E-state index contributed by atoms with van der Waals surface area (Å²) in [6.45, 7) is 5.92. The molecule has 88 valence electrons. The average Bonchev–Trinajstić information content (AvgIpc) is 2.60. The van der Waals surface area contributed by atoms with Crippen molar-refractivity contribution in [2.24, 2.45) is 0 Å². The predicted octanol–water partition coefficient (Wildman–Crippen LogP) is 0.902. The lowest BCUT2D eigenvalue weighted by Gasteiger charge is -2.40. The number of hydrogen-bond acceptors (Lipinski definition) is 5. The van der Waals surface area contributed by atoms with E-state index in [-0.39, 0.29) is 5.91 Å². The Morgan fingerprint density at radius 1 is 1.56 bits per heavy atom. The lowest BCUT2D eigenvalue weighted by atomic mass is 9.99. The van der Waals surface area contributed by atoms with E-state index in [9.17, 15) is 4.79 Å². The Labute approximate surface area is 103 Å². The van der Waals surface area contributed by atoms with Crippen LogP contribution in [0.25, 0.3) is 0 Å². The van der Waals surface area contributed by atoms with Gasteiger partial charge in [0.25, 0.3) is 0 Å². The molecule has 0 spiro atoms. The first-order valence-electron chi connectivity index (χ1n) is 5.01. The summed E-state index contributed by atoms with van der Waals surface area (Å²) in [4.78, 5) is 13.8. The summed E-state index contributed by atoms with van der Waals surface area (Å²) in [5, 5.41) is 11.4. The van der Waals surface area contributed by atoms with E-state index >= 15 is 0 Å². The lowest BCUT2D eigenvalue weighted by molar-refractivity contribution is -0.135.